The van der Waals surface area contributed by atoms with E-state index in [1.54, 1.807) is 18.3 Å². The first-order chi connectivity index (χ1) is 8.61. The van der Waals surface area contributed by atoms with Crippen LogP contribution in [-0.4, -0.2) is 14.5 Å². The van der Waals surface area contributed by atoms with Crippen molar-refractivity contribution >= 4 is 21.7 Å². The van der Waals surface area contributed by atoms with Gasteiger partial charge in [0.05, 0.1) is 11.0 Å². The third-order valence-corrected chi connectivity index (χ3v) is 2.90. The zero-order chi connectivity index (χ0) is 13.1. The van der Waals surface area contributed by atoms with E-state index in [4.69, 9.17) is 5.84 Å². The van der Waals surface area contributed by atoms with Gasteiger partial charge < -0.3 is 5.43 Å². The minimum absolute atomic E-state index is 0.252. The van der Waals surface area contributed by atoms with Crippen LogP contribution >= 0.6 is 15.9 Å². The highest BCUT2D eigenvalue weighted by atomic mass is 79.9. The second-order valence-electron chi connectivity index (χ2n) is 3.52. The number of hydrazine groups is 1. The van der Waals surface area contributed by atoms with Crippen molar-refractivity contribution in [1.82, 2.24) is 14.5 Å². The molecule has 0 saturated heterocycles. The molecule has 94 valence electrons. The quantitative estimate of drug-likeness (QED) is 0.548. The smallest absolute Gasteiger partial charge is 0.308 e. The van der Waals surface area contributed by atoms with Crippen molar-refractivity contribution in [3.63, 3.8) is 0 Å². The summed E-state index contributed by atoms with van der Waals surface area (Å²) in [4.78, 5) is 29.0. The van der Waals surface area contributed by atoms with Gasteiger partial charge in [-0.1, -0.05) is 6.07 Å². The van der Waals surface area contributed by atoms with Gasteiger partial charge in [-0.15, -0.1) is 0 Å². The molecule has 2 aromatic heterocycles. The number of nitrogen functional groups attached to an aromatic ring is 1. The van der Waals surface area contributed by atoms with Crippen LogP contribution in [0, 0.1) is 0 Å². The van der Waals surface area contributed by atoms with Crippen LogP contribution in [0.4, 0.5) is 5.82 Å². The molecule has 0 unspecified atom stereocenters. The molecule has 0 amide bonds. The van der Waals surface area contributed by atoms with Gasteiger partial charge in [0.15, 0.2) is 0 Å². The molecule has 8 heteroatoms. The van der Waals surface area contributed by atoms with E-state index in [1.807, 2.05) is 0 Å². The number of halogens is 1. The molecule has 0 bridgehead atoms. The Bertz CT molecular complexity index is 678. The maximum atomic E-state index is 11.6. The SMILES string of the molecule is NNc1ncccc1Cn1cc(Br)c(=O)[nH]c1=O. The van der Waals surface area contributed by atoms with E-state index in [-0.39, 0.29) is 11.0 Å². The Labute approximate surface area is 110 Å². The van der Waals surface area contributed by atoms with Gasteiger partial charge in [-0.3, -0.25) is 14.3 Å². The highest BCUT2D eigenvalue weighted by Crippen LogP contribution is 2.11. The summed E-state index contributed by atoms with van der Waals surface area (Å²) >= 11 is 3.07. The number of hydrogen-bond donors (Lipinski definition) is 3. The molecule has 0 saturated carbocycles. The van der Waals surface area contributed by atoms with E-state index in [0.717, 1.165) is 5.56 Å². The van der Waals surface area contributed by atoms with Gasteiger partial charge in [0.2, 0.25) is 0 Å². The summed E-state index contributed by atoms with van der Waals surface area (Å²) in [5.41, 5.74) is 2.24. The van der Waals surface area contributed by atoms with Crippen molar-refractivity contribution in [2.45, 2.75) is 6.54 Å². The van der Waals surface area contributed by atoms with Gasteiger partial charge in [0, 0.05) is 18.0 Å². The molecule has 2 heterocycles. The highest BCUT2D eigenvalue weighted by Gasteiger charge is 2.06. The number of nitrogens with one attached hydrogen (secondary N) is 2. The second-order valence-corrected chi connectivity index (χ2v) is 4.37. The van der Waals surface area contributed by atoms with E-state index in [2.05, 4.69) is 31.3 Å². The molecule has 0 aliphatic heterocycles. The largest absolute Gasteiger partial charge is 0.328 e. The van der Waals surface area contributed by atoms with E-state index in [0.29, 0.717) is 5.82 Å². The molecule has 0 aliphatic carbocycles. The van der Waals surface area contributed by atoms with Crippen LogP contribution in [0.5, 0.6) is 0 Å². The number of nitrogens with two attached hydrogens (primary N) is 1. The van der Waals surface area contributed by atoms with Crippen molar-refractivity contribution in [1.29, 1.82) is 0 Å². The van der Waals surface area contributed by atoms with Crippen LogP contribution in [-0.2, 0) is 6.54 Å². The van der Waals surface area contributed by atoms with Crippen LogP contribution in [0.3, 0.4) is 0 Å². The average Bonchev–Trinajstić information content (AvgIpc) is 2.36. The van der Waals surface area contributed by atoms with Crippen molar-refractivity contribution < 1.29 is 0 Å². The molecule has 18 heavy (non-hydrogen) atoms. The first-order valence-corrected chi connectivity index (χ1v) is 5.81. The molecule has 0 aliphatic rings. The van der Waals surface area contributed by atoms with Crippen LogP contribution in [0.2, 0.25) is 0 Å². The summed E-state index contributed by atoms with van der Waals surface area (Å²) in [7, 11) is 0. The Morgan fingerprint density at radius 2 is 2.28 bits per heavy atom. The van der Waals surface area contributed by atoms with E-state index in [1.165, 1.54) is 10.8 Å². The molecule has 4 N–H and O–H groups in total. The van der Waals surface area contributed by atoms with Crippen LogP contribution in [0.25, 0.3) is 0 Å². The van der Waals surface area contributed by atoms with Gasteiger partial charge in [-0.05, 0) is 22.0 Å². The normalized spacial score (nSPS) is 10.3. The topological polar surface area (TPSA) is 106 Å². The monoisotopic (exact) mass is 311 g/mol. The number of pyridine rings is 1. The molecule has 0 aromatic carbocycles. The Morgan fingerprint density at radius 3 is 3.00 bits per heavy atom. The predicted octanol–water partition coefficient (Wildman–Crippen LogP) is 0.0280. The van der Waals surface area contributed by atoms with E-state index < -0.39 is 11.2 Å². The lowest BCUT2D eigenvalue weighted by atomic mass is 10.2. The molecule has 0 fully saturated rings. The third-order valence-electron chi connectivity index (χ3n) is 2.34. The molecular weight excluding hydrogens is 302 g/mol. The van der Waals surface area contributed by atoms with Gasteiger partial charge in [0.1, 0.15) is 5.82 Å². The second kappa shape index (κ2) is 5.15. The fourth-order valence-corrected chi connectivity index (χ4v) is 1.83. The number of anilines is 1. The minimum Gasteiger partial charge on any atom is -0.308 e. The number of H-pyrrole nitrogens is 1. The maximum absolute atomic E-state index is 11.6. The molecule has 0 spiro atoms. The van der Waals surface area contributed by atoms with Gasteiger partial charge in [-0.2, -0.15) is 0 Å². The molecule has 0 atom stereocenters. The fraction of sp³-hybridized carbons (Fsp3) is 0.100. The van der Waals surface area contributed by atoms with Gasteiger partial charge in [-0.25, -0.2) is 15.6 Å². The van der Waals surface area contributed by atoms with Crippen LogP contribution in [0.1, 0.15) is 5.56 Å². The Morgan fingerprint density at radius 1 is 1.50 bits per heavy atom. The summed E-state index contributed by atoms with van der Waals surface area (Å²) in [6.45, 7) is 0.252. The standard InChI is InChI=1S/C10H10BrN5O2/c11-7-5-16(10(18)14-9(7)17)4-6-2-1-3-13-8(6)15-12/h1-3,5H,4,12H2,(H,13,15)(H,14,17,18). The maximum Gasteiger partial charge on any atom is 0.328 e. The summed E-state index contributed by atoms with van der Waals surface area (Å²) in [6, 6.07) is 3.52. The van der Waals surface area contributed by atoms with E-state index in [9.17, 15) is 9.59 Å². The molecular formula is C10H10BrN5O2. The molecule has 7 nitrogen and oxygen atoms in total. The number of aromatic nitrogens is 3. The molecule has 0 radical (unpaired) electrons. The first-order valence-electron chi connectivity index (χ1n) is 5.01. The van der Waals surface area contributed by atoms with Crippen molar-refractivity contribution in [2.75, 3.05) is 5.43 Å². The van der Waals surface area contributed by atoms with Gasteiger partial charge >= 0.3 is 5.69 Å². The average molecular weight is 312 g/mol. The lowest BCUT2D eigenvalue weighted by Gasteiger charge is -2.09. The summed E-state index contributed by atoms with van der Waals surface area (Å²) < 4.78 is 1.64. The summed E-state index contributed by atoms with van der Waals surface area (Å²) in [6.07, 6.45) is 3.01. The van der Waals surface area contributed by atoms with Crippen LogP contribution < -0.4 is 22.5 Å². The Kier molecular flexibility index (Phi) is 3.58. The predicted molar refractivity (Wildman–Crippen MR) is 70.2 cm³/mol. The summed E-state index contributed by atoms with van der Waals surface area (Å²) in [5, 5.41) is 0. The first kappa shape index (κ1) is 12.5. The lowest BCUT2D eigenvalue weighted by molar-refractivity contribution is 0.714. The number of hydrogen-bond acceptors (Lipinski definition) is 5. The van der Waals surface area contributed by atoms with Crippen molar-refractivity contribution in [2.24, 2.45) is 5.84 Å². The van der Waals surface area contributed by atoms with Crippen molar-refractivity contribution in [3.05, 3.63) is 55.4 Å². The van der Waals surface area contributed by atoms with E-state index >= 15 is 0 Å². The Balaban J connectivity index is 2.43. The van der Waals surface area contributed by atoms with Gasteiger partial charge in [0.25, 0.3) is 5.56 Å². The van der Waals surface area contributed by atoms with Crippen molar-refractivity contribution in [3.8, 4) is 0 Å². The summed E-state index contributed by atoms with van der Waals surface area (Å²) in [5.74, 6) is 5.81. The zero-order valence-corrected chi connectivity index (χ0v) is 10.8. The molecule has 2 aromatic rings. The zero-order valence-electron chi connectivity index (χ0n) is 9.18. The minimum atomic E-state index is -0.491. The number of rotatable bonds is 3. The fourth-order valence-electron chi connectivity index (χ4n) is 1.48. The molecule has 2 rings (SSSR count). The highest BCUT2D eigenvalue weighted by molar-refractivity contribution is 9.10. The third kappa shape index (κ3) is 2.49. The van der Waals surface area contributed by atoms with Crippen LogP contribution in [0.15, 0.2) is 38.6 Å². The Hall–Kier alpha value is -1.93. The number of aromatic amines is 1. The lowest BCUT2D eigenvalue weighted by Crippen LogP contribution is -2.30. The number of nitrogens with zero attached hydrogens (tertiary/aromatic N) is 2.